The van der Waals surface area contributed by atoms with Crippen LogP contribution in [-0.2, 0) is 0 Å². The summed E-state index contributed by atoms with van der Waals surface area (Å²) < 4.78 is 0. The minimum absolute atomic E-state index is 0.417. The lowest BCUT2D eigenvalue weighted by Gasteiger charge is -2.46. The van der Waals surface area contributed by atoms with Gasteiger partial charge in [-0.15, -0.1) is 0 Å². The molecule has 5 atom stereocenters. The SMILES string of the molecule is CC(C)C1CCC(N)C(N2CCC(C)C(C)C2)C1. The molecule has 0 spiro atoms. The van der Waals surface area contributed by atoms with Gasteiger partial charge in [-0.1, -0.05) is 27.7 Å². The van der Waals surface area contributed by atoms with E-state index in [1.807, 2.05) is 0 Å². The van der Waals surface area contributed by atoms with Gasteiger partial charge in [-0.3, -0.25) is 4.90 Å². The fourth-order valence-electron chi connectivity index (χ4n) is 3.82. The normalized spacial score (nSPS) is 43.3. The summed E-state index contributed by atoms with van der Waals surface area (Å²) in [6, 6.07) is 1.07. The molecule has 0 aromatic heterocycles. The zero-order valence-electron chi connectivity index (χ0n) is 12.7. The molecule has 1 heterocycles. The monoisotopic (exact) mass is 252 g/mol. The van der Waals surface area contributed by atoms with E-state index in [-0.39, 0.29) is 0 Å². The highest BCUT2D eigenvalue weighted by Gasteiger charge is 2.36. The maximum absolute atomic E-state index is 6.41. The van der Waals surface area contributed by atoms with Crippen LogP contribution < -0.4 is 5.73 Å². The number of nitrogens with zero attached hydrogens (tertiary/aromatic N) is 1. The number of hydrogen-bond acceptors (Lipinski definition) is 2. The Morgan fingerprint density at radius 3 is 2.39 bits per heavy atom. The topological polar surface area (TPSA) is 29.3 Å². The minimum atomic E-state index is 0.417. The van der Waals surface area contributed by atoms with Crippen LogP contribution in [0.2, 0.25) is 0 Å². The quantitative estimate of drug-likeness (QED) is 0.818. The third-order valence-electron chi connectivity index (χ3n) is 5.69. The van der Waals surface area contributed by atoms with Gasteiger partial charge in [-0.05, 0) is 55.9 Å². The molecule has 5 unspecified atom stereocenters. The highest BCUT2D eigenvalue weighted by atomic mass is 15.2. The summed E-state index contributed by atoms with van der Waals surface area (Å²) in [5, 5.41) is 0. The van der Waals surface area contributed by atoms with Gasteiger partial charge in [-0.25, -0.2) is 0 Å². The number of hydrogen-bond donors (Lipinski definition) is 1. The van der Waals surface area contributed by atoms with Crippen molar-refractivity contribution in [2.24, 2.45) is 29.4 Å². The summed E-state index contributed by atoms with van der Waals surface area (Å²) in [7, 11) is 0. The highest BCUT2D eigenvalue weighted by molar-refractivity contribution is 4.92. The van der Waals surface area contributed by atoms with E-state index in [9.17, 15) is 0 Å². The summed E-state index contributed by atoms with van der Waals surface area (Å²) in [4.78, 5) is 2.71. The third-order valence-corrected chi connectivity index (χ3v) is 5.69. The summed E-state index contributed by atoms with van der Waals surface area (Å²) in [5.41, 5.74) is 6.41. The van der Waals surface area contributed by atoms with Gasteiger partial charge in [0.05, 0.1) is 0 Å². The largest absolute Gasteiger partial charge is 0.326 e. The molecule has 1 aliphatic carbocycles. The first-order chi connectivity index (χ1) is 8.49. The Morgan fingerprint density at radius 2 is 1.78 bits per heavy atom. The molecule has 2 N–H and O–H groups in total. The van der Waals surface area contributed by atoms with Gasteiger partial charge in [0.1, 0.15) is 0 Å². The standard InChI is InChI=1S/C16H32N2/c1-11(2)14-5-6-15(17)16(9-14)18-8-7-12(3)13(4)10-18/h11-16H,5-10,17H2,1-4H3. The van der Waals surface area contributed by atoms with E-state index in [0.29, 0.717) is 12.1 Å². The van der Waals surface area contributed by atoms with E-state index in [0.717, 1.165) is 23.7 Å². The first kappa shape index (κ1) is 14.3. The molecule has 0 amide bonds. The van der Waals surface area contributed by atoms with E-state index in [1.54, 1.807) is 0 Å². The molecule has 0 aromatic rings. The maximum Gasteiger partial charge on any atom is 0.0250 e. The Balaban J connectivity index is 1.97. The average Bonchev–Trinajstić information content (AvgIpc) is 2.33. The molecular formula is C16H32N2. The van der Waals surface area contributed by atoms with Crippen LogP contribution in [0.4, 0.5) is 0 Å². The van der Waals surface area contributed by atoms with E-state index >= 15 is 0 Å². The number of piperidine rings is 1. The van der Waals surface area contributed by atoms with Crippen molar-refractivity contribution in [2.45, 2.75) is 65.5 Å². The summed E-state index contributed by atoms with van der Waals surface area (Å²) >= 11 is 0. The lowest BCUT2D eigenvalue weighted by molar-refractivity contribution is 0.0452. The molecule has 0 aromatic carbocycles. The van der Waals surface area contributed by atoms with Crippen LogP contribution in [0, 0.1) is 23.7 Å². The molecule has 2 rings (SSSR count). The fourth-order valence-corrected chi connectivity index (χ4v) is 3.82. The Morgan fingerprint density at radius 1 is 1.06 bits per heavy atom. The van der Waals surface area contributed by atoms with Crippen molar-refractivity contribution in [3.63, 3.8) is 0 Å². The van der Waals surface area contributed by atoms with Crippen molar-refractivity contribution >= 4 is 0 Å². The summed E-state index contributed by atoms with van der Waals surface area (Å²) in [6.45, 7) is 12.1. The third kappa shape index (κ3) is 3.08. The summed E-state index contributed by atoms with van der Waals surface area (Å²) in [6.07, 6.45) is 5.26. The van der Waals surface area contributed by atoms with Crippen LogP contribution >= 0.6 is 0 Å². The maximum atomic E-state index is 6.41. The molecule has 2 aliphatic rings. The lowest BCUT2D eigenvalue weighted by Crippen LogP contribution is -2.55. The zero-order chi connectivity index (χ0) is 13.3. The Hall–Kier alpha value is -0.0800. The Bertz CT molecular complexity index is 264. The van der Waals surface area contributed by atoms with Crippen LogP contribution in [0.25, 0.3) is 0 Å². The predicted molar refractivity (Wildman–Crippen MR) is 78.5 cm³/mol. The Labute approximate surface area is 113 Å². The molecule has 2 fully saturated rings. The van der Waals surface area contributed by atoms with Crippen LogP contribution in [0.15, 0.2) is 0 Å². The smallest absolute Gasteiger partial charge is 0.0250 e. The van der Waals surface area contributed by atoms with Crippen molar-refractivity contribution in [1.82, 2.24) is 4.90 Å². The molecule has 1 aliphatic heterocycles. The van der Waals surface area contributed by atoms with Gasteiger partial charge < -0.3 is 5.73 Å². The number of nitrogens with two attached hydrogens (primary N) is 1. The first-order valence-corrected chi connectivity index (χ1v) is 7.98. The molecule has 1 saturated heterocycles. The van der Waals surface area contributed by atoms with E-state index in [4.69, 9.17) is 5.73 Å². The lowest BCUT2D eigenvalue weighted by atomic mass is 9.75. The average molecular weight is 252 g/mol. The van der Waals surface area contributed by atoms with Gasteiger partial charge in [0.25, 0.3) is 0 Å². The Kier molecular flexibility index (Phi) is 4.71. The minimum Gasteiger partial charge on any atom is -0.326 e. The van der Waals surface area contributed by atoms with Crippen LogP contribution in [-0.4, -0.2) is 30.1 Å². The molecule has 1 saturated carbocycles. The van der Waals surface area contributed by atoms with E-state index < -0.39 is 0 Å². The highest BCUT2D eigenvalue weighted by Crippen LogP contribution is 2.34. The van der Waals surface area contributed by atoms with Crippen molar-refractivity contribution < 1.29 is 0 Å². The second-order valence-corrected chi connectivity index (χ2v) is 7.29. The van der Waals surface area contributed by atoms with E-state index in [1.165, 1.54) is 38.8 Å². The van der Waals surface area contributed by atoms with Crippen molar-refractivity contribution in [3.05, 3.63) is 0 Å². The molecule has 2 heteroatoms. The molecule has 18 heavy (non-hydrogen) atoms. The van der Waals surface area contributed by atoms with Crippen molar-refractivity contribution in [1.29, 1.82) is 0 Å². The van der Waals surface area contributed by atoms with Crippen LogP contribution in [0.5, 0.6) is 0 Å². The van der Waals surface area contributed by atoms with Crippen molar-refractivity contribution in [2.75, 3.05) is 13.1 Å². The van der Waals surface area contributed by atoms with Gasteiger partial charge in [0, 0.05) is 18.6 Å². The van der Waals surface area contributed by atoms with Crippen molar-refractivity contribution in [3.8, 4) is 0 Å². The fraction of sp³-hybridized carbons (Fsp3) is 1.00. The van der Waals surface area contributed by atoms with Crippen LogP contribution in [0.1, 0.15) is 53.4 Å². The second-order valence-electron chi connectivity index (χ2n) is 7.29. The molecule has 2 nitrogen and oxygen atoms in total. The van der Waals surface area contributed by atoms with Gasteiger partial charge in [0.2, 0.25) is 0 Å². The molecule has 0 bridgehead atoms. The summed E-state index contributed by atoms with van der Waals surface area (Å²) in [5.74, 6) is 3.44. The zero-order valence-corrected chi connectivity index (χ0v) is 12.7. The van der Waals surface area contributed by atoms with E-state index in [2.05, 4.69) is 32.6 Å². The molecule has 106 valence electrons. The number of likely N-dealkylation sites (tertiary alicyclic amines) is 1. The first-order valence-electron chi connectivity index (χ1n) is 7.98. The molecule has 0 radical (unpaired) electrons. The predicted octanol–water partition coefficient (Wildman–Crippen LogP) is 3.12. The number of rotatable bonds is 2. The van der Waals surface area contributed by atoms with Gasteiger partial charge >= 0.3 is 0 Å². The second kappa shape index (κ2) is 5.92. The molecular weight excluding hydrogens is 220 g/mol. The van der Waals surface area contributed by atoms with Gasteiger partial charge in [0.15, 0.2) is 0 Å². The van der Waals surface area contributed by atoms with Gasteiger partial charge in [-0.2, -0.15) is 0 Å². The van der Waals surface area contributed by atoms with Crippen LogP contribution in [0.3, 0.4) is 0 Å².